The van der Waals surface area contributed by atoms with Crippen molar-refractivity contribution in [2.75, 3.05) is 5.32 Å². The summed E-state index contributed by atoms with van der Waals surface area (Å²) in [5.41, 5.74) is 2.90. The highest BCUT2D eigenvalue weighted by molar-refractivity contribution is 7.14. The fourth-order valence-electron chi connectivity index (χ4n) is 2.99. The zero-order valence-corrected chi connectivity index (χ0v) is 14.3. The number of carbonyl (C=O) groups excluding carboxylic acids is 1. The minimum Gasteiger partial charge on any atom is -0.331 e. The van der Waals surface area contributed by atoms with Crippen LogP contribution in [0.25, 0.3) is 11.4 Å². The van der Waals surface area contributed by atoms with Crippen molar-refractivity contribution in [1.82, 2.24) is 20.3 Å². The number of nitrogens with zero attached hydrogens (tertiary/aromatic N) is 3. The standard InChI is InChI=1S/C18H17N5OS/c24-18(23-16-7-3-9-25-16)22-15-6-1-5-14-13(15)11-20-17(21-14)12-4-2-8-19-10-12/h2-4,7-11,15H,1,5-6H2,(H2,22,23,24). The molecule has 0 saturated carbocycles. The van der Waals surface area contributed by atoms with E-state index in [2.05, 4.69) is 20.6 Å². The lowest BCUT2D eigenvalue weighted by molar-refractivity contribution is 0.247. The molecule has 1 unspecified atom stereocenters. The fraction of sp³-hybridized carbons (Fsp3) is 0.222. The molecule has 7 heteroatoms. The van der Waals surface area contributed by atoms with Crippen molar-refractivity contribution in [3.05, 3.63) is 59.5 Å². The highest BCUT2D eigenvalue weighted by atomic mass is 32.1. The number of anilines is 1. The number of fused-ring (bicyclic) bond motifs is 1. The molecule has 4 rings (SSSR count). The van der Waals surface area contributed by atoms with E-state index in [1.165, 1.54) is 11.3 Å². The highest BCUT2D eigenvalue weighted by Crippen LogP contribution is 2.29. The first-order valence-electron chi connectivity index (χ1n) is 8.17. The van der Waals surface area contributed by atoms with Crippen molar-refractivity contribution in [1.29, 1.82) is 0 Å². The van der Waals surface area contributed by atoms with Gasteiger partial charge in [-0.1, -0.05) is 0 Å². The Morgan fingerprint density at radius 3 is 3.00 bits per heavy atom. The third kappa shape index (κ3) is 3.51. The Hall–Kier alpha value is -2.80. The Balaban J connectivity index is 1.53. The number of amides is 2. The number of hydrogen-bond acceptors (Lipinski definition) is 5. The summed E-state index contributed by atoms with van der Waals surface area (Å²) >= 11 is 1.50. The molecule has 3 heterocycles. The van der Waals surface area contributed by atoms with E-state index in [1.54, 1.807) is 12.4 Å². The van der Waals surface area contributed by atoms with Gasteiger partial charge in [0, 0.05) is 35.4 Å². The van der Waals surface area contributed by atoms with Crippen LogP contribution in [-0.4, -0.2) is 21.0 Å². The van der Waals surface area contributed by atoms with Crippen LogP contribution in [0.3, 0.4) is 0 Å². The van der Waals surface area contributed by atoms with E-state index in [-0.39, 0.29) is 12.1 Å². The molecule has 0 aliphatic heterocycles. The number of hydrogen-bond donors (Lipinski definition) is 2. The van der Waals surface area contributed by atoms with Crippen LogP contribution in [0.1, 0.15) is 30.1 Å². The topological polar surface area (TPSA) is 79.8 Å². The van der Waals surface area contributed by atoms with Crippen molar-refractivity contribution < 1.29 is 4.79 Å². The SMILES string of the molecule is O=C(Nc1cccs1)NC1CCCc2nc(-c3cccnc3)ncc21. The van der Waals surface area contributed by atoms with Crippen LogP contribution in [0.5, 0.6) is 0 Å². The second-order valence-electron chi connectivity index (χ2n) is 5.86. The van der Waals surface area contributed by atoms with Crippen molar-refractivity contribution in [3.8, 4) is 11.4 Å². The lowest BCUT2D eigenvalue weighted by Crippen LogP contribution is -2.34. The normalized spacial score (nSPS) is 16.1. The first-order chi connectivity index (χ1) is 12.3. The van der Waals surface area contributed by atoms with E-state index >= 15 is 0 Å². The average molecular weight is 351 g/mol. The van der Waals surface area contributed by atoms with Crippen LogP contribution < -0.4 is 10.6 Å². The molecule has 0 spiro atoms. The molecule has 0 fully saturated rings. The Labute approximate surface area is 149 Å². The first kappa shape index (κ1) is 15.7. The fourth-order valence-corrected chi connectivity index (χ4v) is 3.60. The zero-order valence-electron chi connectivity index (χ0n) is 13.5. The van der Waals surface area contributed by atoms with Gasteiger partial charge in [-0.05, 0) is 48.9 Å². The molecule has 0 bridgehead atoms. The predicted molar refractivity (Wildman–Crippen MR) is 97.4 cm³/mol. The minimum absolute atomic E-state index is 0.0633. The van der Waals surface area contributed by atoms with Crippen LogP contribution in [0, 0.1) is 0 Å². The van der Waals surface area contributed by atoms with Crippen LogP contribution in [-0.2, 0) is 6.42 Å². The summed E-state index contributed by atoms with van der Waals surface area (Å²) in [6.45, 7) is 0. The maximum atomic E-state index is 12.2. The van der Waals surface area contributed by atoms with E-state index in [4.69, 9.17) is 4.98 Å². The van der Waals surface area contributed by atoms with Gasteiger partial charge in [-0.15, -0.1) is 11.3 Å². The Morgan fingerprint density at radius 1 is 1.24 bits per heavy atom. The Kier molecular flexibility index (Phi) is 4.39. The summed E-state index contributed by atoms with van der Waals surface area (Å²) in [5.74, 6) is 0.676. The molecule has 1 aliphatic rings. The second kappa shape index (κ2) is 6.98. The molecule has 2 amide bonds. The number of rotatable bonds is 3. The zero-order chi connectivity index (χ0) is 17.1. The van der Waals surface area contributed by atoms with Gasteiger partial charge in [-0.25, -0.2) is 14.8 Å². The van der Waals surface area contributed by atoms with E-state index < -0.39 is 0 Å². The number of thiophene rings is 1. The summed E-state index contributed by atoms with van der Waals surface area (Å²) < 4.78 is 0. The molecule has 25 heavy (non-hydrogen) atoms. The van der Waals surface area contributed by atoms with Crippen LogP contribution in [0.4, 0.5) is 9.80 Å². The van der Waals surface area contributed by atoms with Gasteiger partial charge in [0.15, 0.2) is 5.82 Å². The van der Waals surface area contributed by atoms with Gasteiger partial charge in [0.25, 0.3) is 0 Å². The molecule has 0 radical (unpaired) electrons. The van der Waals surface area contributed by atoms with Crippen molar-refractivity contribution in [3.63, 3.8) is 0 Å². The van der Waals surface area contributed by atoms with Gasteiger partial charge in [-0.2, -0.15) is 0 Å². The predicted octanol–water partition coefficient (Wildman–Crippen LogP) is 3.80. The lowest BCUT2D eigenvalue weighted by Gasteiger charge is -2.25. The number of nitrogens with one attached hydrogen (secondary N) is 2. The molecule has 0 saturated heterocycles. The number of aryl methyl sites for hydroxylation is 1. The number of urea groups is 1. The third-order valence-corrected chi connectivity index (χ3v) is 4.95. The first-order valence-corrected chi connectivity index (χ1v) is 9.05. The van der Waals surface area contributed by atoms with Crippen LogP contribution in [0.15, 0.2) is 48.2 Å². The van der Waals surface area contributed by atoms with Gasteiger partial charge in [-0.3, -0.25) is 10.3 Å². The highest BCUT2D eigenvalue weighted by Gasteiger charge is 2.24. The monoisotopic (exact) mass is 351 g/mol. The molecule has 126 valence electrons. The molecule has 0 aromatic carbocycles. The Morgan fingerprint density at radius 2 is 2.20 bits per heavy atom. The smallest absolute Gasteiger partial charge is 0.320 e. The summed E-state index contributed by atoms with van der Waals surface area (Å²) in [6.07, 6.45) is 8.10. The largest absolute Gasteiger partial charge is 0.331 e. The number of carbonyl (C=O) groups is 1. The average Bonchev–Trinajstić information content (AvgIpc) is 3.15. The Bertz CT molecular complexity index is 866. The lowest BCUT2D eigenvalue weighted by atomic mass is 9.92. The molecule has 3 aromatic heterocycles. The molecular weight excluding hydrogens is 334 g/mol. The third-order valence-electron chi connectivity index (χ3n) is 4.16. The van der Waals surface area contributed by atoms with Crippen LogP contribution >= 0.6 is 11.3 Å². The van der Waals surface area contributed by atoms with E-state index in [1.807, 2.05) is 35.8 Å². The minimum atomic E-state index is -0.198. The second-order valence-corrected chi connectivity index (χ2v) is 6.81. The maximum Gasteiger partial charge on any atom is 0.320 e. The summed E-state index contributed by atoms with van der Waals surface area (Å²) in [7, 11) is 0. The van der Waals surface area contributed by atoms with Gasteiger partial charge in [0.05, 0.1) is 11.0 Å². The molecule has 2 N–H and O–H groups in total. The van der Waals surface area contributed by atoms with Gasteiger partial charge in [0.2, 0.25) is 0 Å². The van der Waals surface area contributed by atoms with Crippen LogP contribution in [0.2, 0.25) is 0 Å². The number of aromatic nitrogens is 3. The number of pyridine rings is 1. The quantitative estimate of drug-likeness (QED) is 0.752. The van der Waals surface area contributed by atoms with Gasteiger partial charge >= 0.3 is 6.03 Å². The summed E-state index contributed by atoms with van der Waals surface area (Å²) in [4.78, 5) is 25.5. The van der Waals surface area contributed by atoms with E-state index in [0.717, 1.165) is 41.1 Å². The van der Waals surface area contributed by atoms with Crippen molar-refractivity contribution in [2.24, 2.45) is 0 Å². The molecular formula is C18H17N5OS. The van der Waals surface area contributed by atoms with Crippen molar-refractivity contribution in [2.45, 2.75) is 25.3 Å². The maximum absolute atomic E-state index is 12.2. The molecule has 1 aliphatic carbocycles. The van der Waals surface area contributed by atoms with Gasteiger partial charge in [0.1, 0.15) is 0 Å². The van der Waals surface area contributed by atoms with Gasteiger partial charge < -0.3 is 5.32 Å². The molecule has 3 aromatic rings. The summed E-state index contributed by atoms with van der Waals surface area (Å²) in [5, 5.41) is 8.65. The molecule has 6 nitrogen and oxygen atoms in total. The van der Waals surface area contributed by atoms with E-state index in [0.29, 0.717) is 5.82 Å². The molecule has 1 atom stereocenters. The van der Waals surface area contributed by atoms with Crippen molar-refractivity contribution >= 4 is 22.4 Å². The summed E-state index contributed by atoms with van der Waals surface area (Å²) in [6, 6.07) is 7.34. The van der Waals surface area contributed by atoms with E-state index in [9.17, 15) is 4.79 Å².